The number of rotatable bonds is 5. The normalized spacial score (nSPS) is 37.0. The first-order valence-electron chi connectivity index (χ1n) is 8.92. The number of hydrogen-bond donors (Lipinski definition) is 2. The van der Waals surface area contributed by atoms with Crippen LogP contribution in [0.5, 0.6) is 0 Å². The van der Waals surface area contributed by atoms with E-state index in [1.807, 2.05) is 13.8 Å². The van der Waals surface area contributed by atoms with Gasteiger partial charge in [0.15, 0.2) is 0 Å². The molecule has 2 aliphatic carbocycles. The molecule has 2 N–H and O–H groups in total. The fourth-order valence-corrected chi connectivity index (χ4v) is 5.39. The van der Waals surface area contributed by atoms with Crippen molar-refractivity contribution < 1.29 is 19.8 Å². The molecule has 0 heterocycles. The Bertz CT molecular complexity index is 576. The number of fused-ring (bicyclic) bond motifs is 1. The van der Waals surface area contributed by atoms with Gasteiger partial charge in [-0.25, -0.2) is 4.79 Å². The zero-order chi connectivity index (χ0) is 18.1. The summed E-state index contributed by atoms with van der Waals surface area (Å²) in [7, 11) is 0. The summed E-state index contributed by atoms with van der Waals surface area (Å²) in [6.07, 6.45) is 7.36. The molecule has 0 saturated heterocycles. The lowest BCUT2D eigenvalue weighted by molar-refractivity contribution is -0.164. The molecule has 0 radical (unpaired) electrons. The summed E-state index contributed by atoms with van der Waals surface area (Å²) in [6, 6.07) is 0. The quantitative estimate of drug-likeness (QED) is 0.566. The van der Waals surface area contributed by atoms with Crippen LogP contribution in [0.25, 0.3) is 0 Å². The molecule has 2 rings (SSSR count). The van der Waals surface area contributed by atoms with E-state index in [1.165, 1.54) is 11.6 Å². The van der Waals surface area contributed by atoms with Crippen molar-refractivity contribution >= 4 is 11.9 Å². The number of aliphatic carboxylic acids is 2. The minimum absolute atomic E-state index is 0.0514. The van der Waals surface area contributed by atoms with E-state index in [2.05, 4.69) is 13.5 Å². The van der Waals surface area contributed by atoms with Crippen molar-refractivity contribution in [3.05, 3.63) is 23.8 Å². The molecule has 0 amide bonds. The number of carboxylic acid groups (broad SMARTS) is 2. The highest BCUT2D eigenvalue weighted by atomic mass is 16.4. The summed E-state index contributed by atoms with van der Waals surface area (Å²) < 4.78 is 0. The molecular formula is C20H30O4. The molecule has 0 aliphatic heterocycles. The fourth-order valence-electron chi connectivity index (χ4n) is 5.39. The topological polar surface area (TPSA) is 74.6 Å². The van der Waals surface area contributed by atoms with Crippen LogP contribution in [0.3, 0.4) is 0 Å². The predicted molar refractivity (Wildman–Crippen MR) is 93.7 cm³/mol. The molecule has 4 nitrogen and oxygen atoms in total. The minimum atomic E-state index is -0.907. The number of carboxylic acids is 2. The van der Waals surface area contributed by atoms with Crippen LogP contribution in [0.1, 0.15) is 65.7 Å². The van der Waals surface area contributed by atoms with E-state index in [-0.39, 0.29) is 17.3 Å². The van der Waals surface area contributed by atoms with Gasteiger partial charge < -0.3 is 10.2 Å². The van der Waals surface area contributed by atoms with Gasteiger partial charge in [0.2, 0.25) is 0 Å². The van der Waals surface area contributed by atoms with Gasteiger partial charge in [0.1, 0.15) is 0 Å². The van der Waals surface area contributed by atoms with Crippen molar-refractivity contribution in [1.29, 1.82) is 0 Å². The van der Waals surface area contributed by atoms with E-state index in [4.69, 9.17) is 5.11 Å². The molecule has 24 heavy (non-hydrogen) atoms. The molecule has 2 aliphatic rings. The fraction of sp³-hybridized carbons (Fsp3) is 0.700. The molecule has 134 valence electrons. The van der Waals surface area contributed by atoms with Crippen LogP contribution in [0.2, 0.25) is 0 Å². The van der Waals surface area contributed by atoms with Crippen LogP contribution in [-0.4, -0.2) is 22.2 Å². The smallest absolute Gasteiger partial charge is 0.328 e. The van der Waals surface area contributed by atoms with Gasteiger partial charge in [0.05, 0.1) is 5.41 Å². The minimum Gasteiger partial charge on any atom is -0.481 e. The lowest BCUT2D eigenvalue weighted by Gasteiger charge is -2.57. The third-order valence-corrected chi connectivity index (χ3v) is 6.71. The number of allylic oxidation sites excluding steroid dienone is 2. The molecule has 0 bridgehead atoms. The van der Waals surface area contributed by atoms with E-state index >= 15 is 0 Å². The average Bonchev–Trinajstić information content (AvgIpc) is 2.45. The maximum atomic E-state index is 12.0. The van der Waals surface area contributed by atoms with E-state index in [0.717, 1.165) is 50.5 Å². The zero-order valence-corrected chi connectivity index (χ0v) is 15.1. The van der Waals surface area contributed by atoms with Crippen LogP contribution in [-0.2, 0) is 9.59 Å². The maximum Gasteiger partial charge on any atom is 0.328 e. The van der Waals surface area contributed by atoms with Crippen molar-refractivity contribution in [3.63, 3.8) is 0 Å². The van der Waals surface area contributed by atoms with Gasteiger partial charge >= 0.3 is 11.9 Å². The molecule has 0 unspecified atom stereocenters. The first-order chi connectivity index (χ1) is 11.1. The van der Waals surface area contributed by atoms with Crippen LogP contribution >= 0.6 is 0 Å². The first-order valence-corrected chi connectivity index (χ1v) is 8.92. The average molecular weight is 334 g/mol. The van der Waals surface area contributed by atoms with Crippen LogP contribution in [0.4, 0.5) is 0 Å². The van der Waals surface area contributed by atoms with Gasteiger partial charge in [-0.05, 0) is 69.6 Å². The molecule has 0 spiro atoms. The molecule has 0 aromatic heterocycles. The van der Waals surface area contributed by atoms with Gasteiger partial charge in [0, 0.05) is 6.08 Å². The monoisotopic (exact) mass is 334 g/mol. The Morgan fingerprint density at radius 1 is 1.29 bits per heavy atom. The van der Waals surface area contributed by atoms with Crippen LogP contribution in [0.15, 0.2) is 23.8 Å². The van der Waals surface area contributed by atoms with Gasteiger partial charge in [-0.2, -0.15) is 0 Å². The summed E-state index contributed by atoms with van der Waals surface area (Å²) in [5.41, 5.74) is 1.37. The lowest BCUT2D eigenvalue weighted by atomic mass is 9.46. The van der Waals surface area contributed by atoms with E-state index in [1.54, 1.807) is 0 Å². The Morgan fingerprint density at radius 2 is 1.96 bits per heavy atom. The predicted octanol–water partition coefficient (Wildman–Crippen LogP) is 4.66. The van der Waals surface area contributed by atoms with Crippen molar-refractivity contribution in [2.75, 3.05) is 0 Å². The molecule has 2 saturated carbocycles. The van der Waals surface area contributed by atoms with Gasteiger partial charge in [-0.1, -0.05) is 31.1 Å². The first kappa shape index (κ1) is 18.8. The molecule has 0 aromatic rings. The molecule has 2 fully saturated rings. The van der Waals surface area contributed by atoms with Gasteiger partial charge in [-0.15, -0.1) is 0 Å². The second kappa shape index (κ2) is 6.73. The highest BCUT2D eigenvalue weighted by molar-refractivity contribution is 5.80. The summed E-state index contributed by atoms with van der Waals surface area (Å²) >= 11 is 0. The van der Waals surface area contributed by atoms with Gasteiger partial charge in [0.25, 0.3) is 0 Å². The second-order valence-electron chi connectivity index (χ2n) is 8.25. The van der Waals surface area contributed by atoms with Crippen molar-refractivity contribution in [2.24, 2.45) is 22.7 Å². The third kappa shape index (κ3) is 3.28. The highest BCUT2D eigenvalue weighted by Gasteiger charge is 2.57. The summed E-state index contributed by atoms with van der Waals surface area (Å²) in [4.78, 5) is 22.8. The summed E-state index contributed by atoms with van der Waals surface area (Å²) in [6.45, 7) is 10.3. The molecule has 4 atom stereocenters. The van der Waals surface area contributed by atoms with E-state index in [9.17, 15) is 14.7 Å². The summed E-state index contributed by atoms with van der Waals surface area (Å²) in [5.74, 6) is -1.15. The zero-order valence-electron chi connectivity index (χ0n) is 15.1. The second-order valence-corrected chi connectivity index (χ2v) is 8.25. The Labute approximate surface area is 144 Å². The number of carbonyl (C=O) groups is 2. The van der Waals surface area contributed by atoms with Crippen molar-refractivity contribution in [2.45, 2.75) is 65.7 Å². The van der Waals surface area contributed by atoms with Crippen LogP contribution in [0, 0.1) is 22.7 Å². The summed E-state index contributed by atoms with van der Waals surface area (Å²) in [5, 5.41) is 18.7. The highest BCUT2D eigenvalue weighted by Crippen LogP contribution is 2.62. The maximum absolute atomic E-state index is 12.0. The molecule has 4 heteroatoms. The molecular weight excluding hydrogens is 304 g/mol. The van der Waals surface area contributed by atoms with E-state index < -0.39 is 17.4 Å². The van der Waals surface area contributed by atoms with Crippen molar-refractivity contribution in [1.82, 2.24) is 0 Å². The van der Waals surface area contributed by atoms with Crippen molar-refractivity contribution in [3.8, 4) is 0 Å². The van der Waals surface area contributed by atoms with Gasteiger partial charge in [-0.3, -0.25) is 4.79 Å². The Kier molecular flexibility index (Phi) is 5.26. The Hall–Kier alpha value is -1.58. The third-order valence-electron chi connectivity index (χ3n) is 6.71. The SMILES string of the molecule is C=C1CC[C@@H]2[C@](C)(CCC[C@@]2(C)C(=O)O)[C@H]1CC/C(C)=C\C(=O)O. The standard InChI is InChI=1S/C20H30O4/c1-13(12-17(21)22)6-8-15-14(2)7-9-16-19(15,3)10-5-11-20(16,4)18(23)24/h12,15-16H,2,5-11H2,1,3-4H3,(H,21,22)(H,23,24)/b13-12-/t15-,16+,19+,20+/m0/s1. The Balaban J connectivity index is 2.25. The molecule has 0 aromatic carbocycles. The van der Waals surface area contributed by atoms with E-state index in [0.29, 0.717) is 0 Å². The Morgan fingerprint density at radius 3 is 2.54 bits per heavy atom. The largest absolute Gasteiger partial charge is 0.481 e. The lowest BCUT2D eigenvalue weighted by Crippen LogP contribution is -2.53. The number of hydrogen-bond acceptors (Lipinski definition) is 2. The van der Waals surface area contributed by atoms with Crippen LogP contribution < -0.4 is 0 Å².